The summed E-state index contributed by atoms with van der Waals surface area (Å²) in [5, 5.41) is 4.24. The number of thiophene rings is 1. The van der Waals surface area contributed by atoms with Crippen LogP contribution in [0, 0.1) is 11.8 Å². The van der Waals surface area contributed by atoms with Gasteiger partial charge >= 0.3 is 6.18 Å². The third-order valence-corrected chi connectivity index (χ3v) is 3.02. The molecule has 7 heteroatoms. The van der Waals surface area contributed by atoms with E-state index in [9.17, 15) is 18.0 Å². The van der Waals surface area contributed by atoms with E-state index in [1.165, 1.54) is 11.3 Å². The Hall–Kier alpha value is -1.52. The molecule has 0 aliphatic rings. The van der Waals surface area contributed by atoms with Crippen LogP contribution in [-0.2, 0) is 11.3 Å². The van der Waals surface area contributed by atoms with E-state index in [2.05, 4.69) is 17.2 Å². The molecule has 3 nitrogen and oxygen atoms in total. The highest BCUT2D eigenvalue weighted by Crippen LogP contribution is 2.21. The fourth-order valence-electron chi connectivity index (χ4n) is 1.22. The van der Waals surface area contributed by atoms with E-state index in [4.69, 9.17) is 5.73 Å². The summed E-state index contributed by atoms with van der Waals surface area (Å²) < 4.78 is 35.7. The minimum Gasteiger partial charge on any atom is -0.351 e. The molecule has 1 aromatic rings. The largest absolute Gasteiger partial charge is 0.389 e. The van der Waals surface area contributed by atoms with Gasteiger partial charge in [-0.1, -0.05) is 11.8 Å². The maximum Gasteiger partial charge on any atom is 0.389 e. The molecule has 0 unspecified atom stereocenters. The lowest BCUT2D eigenvalue weighted by molar-refractivity contribution is -0.144. The van der Waals surface area contributed by atoms with Crippen LogP contribution in [0.3, 0.4) is 0 Å². The molecule has 0 fully saturated rings. The number of amides is 1. The van der Waals surface area contributed by atoms with Crippen LogP contribution in [0.15, 0.2) is 11.4 Å². The molecule has 0 saturated heterocycles. The van der Waals surface area contributed by atoms with Crippen LogP contribution < -0.4 is 11.1 Å². The summed E-state index contributed by atoms with van der Waals surface area (Å²) in [5.74, 6) is 4.91. The molecule has 0 aliphatic carbocycles. The lowest BCUT2D eigenvalue weighted by atomic mass is 10.3. The molecule has 0 aliphatic heterocycles. The van der Waals surface area contributed by atoms with Gasteiger partial charge in [0.25, 0.3) is 0 Å². The van der Waals surface area contributed by atoms with Gasteiger partial charge in [0, 0.05) is 22.2 Å². The van der Waals surface area contributed by atoms with Crippen LogP contribution in [0.25, 0.3) is 0 Å². The Bertz CT molecular complexity index is 485. The van der Waals surface area contributed by atoms with E-state index in [1.807, 2.05) is 0 Å². The lowest BCUT2D eigenvalue weighted by Crippen LogP contribution is -2.24. The van der Waals surface area contributed by atoms with Crippen LogP contribution in [0.5, 0.6) is 0 Å². The van der Waals surface area contributed by atoms with E-state index in [0.29, 0.717) is 0 Å². The summed E-state index contributed by atoms with van der Waals surface area (Å²) in [6.45, 7) is 0.477. The molecule has 19 heavy (non-hydrogen) atoms. The molecule has 1 rings (SSSR count). The number of nitrogens with two attached hydrogens (primary N) is 1. The van der Waals surface area contributed by atoms with E-state index < -0.39 is 24.9 Å². The molecule has 0 spiro atoms. The number of alkyl halides is 3. The summed E-state index contributed by atoms with van der Waals surface area (Å²) in [6, 6.07) is 1.78. The SMILES string of the molecule is NCC#Cc1csc(CNC(=O)CCC(F)(F)F)c1. The number of carbonyl (C=O) groups is 1. The van der Waals surface area contributed by atoms with E-state index in [0.717, 1.165) is 10.4 Å². The number of halogens is 3. The molecular formula is C12H13F3N2OS. The van der Waals surface area contributed by atoms with E-state index in [-0.39, 0.29) is 13.1 Å². The molecule has 104 valence electrons. The van der Waals surface area contributed by atoms with Gasteiger partial charge in [-0.25, -0.2) is 0 Å². The Morgan fingerprint density at radius 2 is 2.21 bits per heavy atom. The fourth-order valence-corrected chi connectivity index (χ4v) is 1.98. The topological polar surface area (TPSA) is 55.1 Å². The van der Waals surface area contributed by atoms with Gasteiger partial charge in [0.05, 0.1) is 19.5 Å². The smallest absolute Gasteiger partial charge is 0.351 e. The first kappa shape index (κ1) is 15.5. The van der Waals surface area contributed by atoms with Gasteiger partial charge in [0.1, 0.15) is 0 Å². The van der Waals surface area contributed by atoms with Gasteiger partial charge in [-0.2, -0.15) is 13.2 Å². The Morgan fingerprint density at radius 3 is 2.84 bits per heavy atom. The molecule has 0 saturated carbocycles. The Kier molecular flexibility index (Phi) is 5.86. The maximum absolute atomic E-state index is 11.9. The van der Waals surface area contributed by atoms with E-state index in [1.54, 1.807) is 11.4 Å². The summed E-state index contributed by atoms with van der Waals surface area (Å²) in [6.07, 6.45) is -5.95. The quantitative estimate of drug-likeness (QED) is 0.834. The van der Waals surface area contributed by atoms with Gasteiger partial charge in [-0.05, 0) is 6.07 Å². The number of rotatable bonds is 4. The van der Waals surface area contributed by atoms with E-state index >= 15 is 0 Å². The van der Waals surface area contributed by atoms with Crippen molar-refractivity contribution in [2.24, 2.45) is 5.73 Å². The molecule has 0 radical (unpaired) electrons. The number of carbonyl (C=O) groups excluding carboxylic acids is 1. The van der Waals surface area contributed by atoms with Crippen LogP contribution in [0.1, 0.15) is 23.3 Å². The van der Waals surface area contributed by atoms with Crippen molar-refractivity contribution in [3.8, 4) is 11.8 Å². The predicted octanol–water partition coefficient (Wildman–Crippen LogP) is 2.02. The third-order valence-electron chi connectivity index (χ3n) is 2.08. The molecule has 1 amide bonds. The standard InChI is InChI=1S/C12H13F3N2OS/c13-12(14,15)4-3-11(18)17-7-10-6-9(8-19-10)2-1-5-16/h6,8H,3-5,7,16H2,(H,17,18). The number of hydrogen-bond acceptors (Lipinski definition) is 3. The summed E-state index contributed by atoms with van der Waals surface area (Å²) in [5.41, 5.74) is 6.02. The first-order valence-electron chi connectivity index (χ1n) is 5.50. The van der Waals surface area contributed by atoms with Crippen molar-refractivity contribution in [2.45, 2.75) is 25.6 Å². The van der Waals surface area contributed by atoms with Crippen molar-refractivity contribution in [2.75, 3.05) is 6.54 Å². The van der Waals surface area contributed by atoms with Crippen molar-refractivity contribution in [1.29, 1.82) is 0 Å². The van der Waals surface area contributed by atoms with Crippen LogP contribution in [0.2, 0.25) is 0 Å². The molecular weight excluding hydrogens is 277 g/mol. The first-order valence-corrected chi connectivity index (χ1v) is 6.38. The predicted molar refractivity (Wildman–Crippen MR) is 67.4 cm³/mol. The highest BCUT2D eigenvalue weighted by molar-refractivity contribution is 7.10. The van der Waals surface area contributed by atoms with Crippen LogP contribution in [-0.4, -0.2) is 18.6 Å². The summed E-state index contributed by atoms with van der Waals surface area (Å²) in [4.78, 5) is 12.0. The van der Waals surface area contributed by atoms with Gasteiger partial charge in [0.2, 0.25) is 5.91 Å². The zero-order valence-electron chi connectivity index (χ0n) is 10.0. The van der Waals surface area contributed by atoms with Crippen molar-refractivity contribution in [3.63, 3.8) is 0 Å². The second-order valence-corrected chi connectivity index (χ2v) is 4.70. The van der Waals surface area contributed by atoms with Crippen molar-refractivity contribution >= 4 is 17.2 Å². The van der Waals surface area contributed by atoms with Crippen molar-refractivity contribution in [1.82, 2.24) is 5.32 Å². The zero-order valence-corrected chi connectivity index (χ0v) is 10.8. The van der Waals surface area contributed by atoms with Gasteiger partial charge in [-0.15, -0.1) is 11.3 Å². The second kappa shape index (κ2) is 7.16. The van der Waals surface area contributed by atoms with Gasteiger partial charge in [0.15, 0.2) is 0 Å². The van der Waals surface area contributed by atoms with Crippen molar-refractivity contribution < 1.29 is 18.0 Å². The minimum absolute atomic E-state index is 0.214. The van der Waals surface area contributed by atoms with Crippen molar-refractivity contribution in [3.05, 3.63) is 21.9 Å². The highest BCUT2D eigenvalue weighted by Gasteiger charge is 2.27. The lowest BCUT2D eigenvalue weighted by Gasteiger charge is -2.06. The number of hydrogen-bond donors (Lipinski definition) is 2. The molecule has 0 atom stereocenters. The Balaban J connectivity index is 2.36. The van der Waals surface area contributed by atoms with Crippen LogP contribution in [0.4, 0.5) is 13.2 Å². The number of nitrogens with one attached hydrogen (secondary N) is 1. The minimum atomic E-state index is -4.30. The van der Waals surface area contributed by atoms with Crippen LogP contribution >= 0.6 is 11.3 Å². The highest BCUT2D eigenvalue weighted by atomic mass is 32.1. The Labute approximate surface area is 113 Å². The molecule has 0 bridgehead atoms. The summed E-state index contributed by atoms with van der Waals surface area (Å²) >= 11 is 1.39. The molecule has 1 aromatic heterocycles. The molecule has 0 aromatic carbocycles. The normalized spacial score (nSPS) is 10.7. The van der Waals surface area contributed by atoms with Gasteiger partial charge < -0.3 is 11.1 Å². The Morgan fingerprint density at radius 1 is 1.47 bits per heavy atom. The zero-order chi connectivity index (χ0) is 14.3. The second-order valence-electron chi connectivity index (χ2n) is 3.70. The molecule has 1 heterocycles. The monoisotopic (exact) mass is 290 g/mol. The summed E-state index contributed by atoms with van der Waals surface area (Å²) in [7, 11) is 0. The third kappa shape index (κ3) is 6.84. The van der Waals surface area contributed by atoms with Gasteiger partial charge in [-0.3, -0.25) is 4.79 Å². The molecule has 3 N–H and O–H groups in total. The average Bonchev–Trinajstić information content (AvgIpc) is 2.78. The fraction of sp³-hybridized carbons (Fsp3) is 0.417. The maximum atomic E-state index is 11.9. The first-order chi connectivity index (χ1) is 8.90. The average molecular weight is 290 g/mol.